The van der Waals surface area contributed by atoms with E-state index in [1.165, 1.54) is 6.07 Å². The zero-order valence-electron chi connectivity index (χ0n) is 10.7. The van der Waals surface area contributed by atoms with Crippen molar-refractivity contribution in [2.24, 2.45) is 0 Å². The molecule has 0 fully saturated rings. The zero-order chi connectivity index (χ0) is 13.8. The molecule has 0 saturated heterocycles. The minimum atomic E-state index is -0.438. The standard InChI is InChI=1S/C15H13FN2O/c1-18(14-5-3-4-6-15(14)19-2)13-8-7-11(10-17)9-12(13)16/h3-9H,1-2H3. The predicted octanol–water partition coefficient (Wildman–Crippen LogP) is 3.47. The lowest BCUT2D eigenvalue weighted by Crippen LogP contribution is -2.12. The number of nitrogens with zero attached hydrogens (tertiary/aromatic N) is 2. The summed E-state index contributed by atoms with van der Waals surface area (Å²) in [5.41, 5.74) is 1.45. The van der Waals surface area contributed by atoms with E-state index >= 15 is 0 Å². The second kappa shape index (κ2) is 5.40. The zero-order valence-corrected chi connectivity index (χ0v) is 10.7. The molecule has 3 nitrogen and oxygen atoms in total. The first kappa shape index (κ1) is 12.9. The Morgan fingerprint density at radius 1 is 1.16 bits per heavy atom. The van der Waals surface area contributed by atoms with Gasteiger partial charge in [-0.15, -0.1) is 0 Å². The first-order valence-corrected chi connectivity index (χ1v) is 5.73. The Hall–Kier alpha value is -2.54. The topological polar surface area (TPSA) is 36.3 Å². The van der Waals surface area contributed by atoms with Gasteiger partial charge in [-0.3, -0.25) is 0 Å². The monoisotopic (exact) mass is 256 g/mol. The molecule has 4 heteroatoms. The molecule has 0 amide bonds. The lowest BCUT2D eigenvalue weighted by Gasteiger charge is -2.22. The van der Waals surface area contributed by atoms with Gasteiger partial charge in [-0.1, -0.05) is 12.1 Å². The summed E-state index contributed by atoms with van der Waals surface area (Å²) < 4.78 is 19.2. The maximum absolute atomic E-state index is 14.0. The molecule has 0 radical (unpaired) electrons. The summed E-state index contributed by atoms with van der Waals surface area (Å²) in [4.78, 5) is 1.69. The van der Waals surface area contributed by atoms with E-state index in [1.54, 1.807) is 31.2 Å². The Morgan fingerprint density at radius 3 is 2.53 bits per heavy atom. The van der Waals surface area contributed by atoms with Gasteiger partial charge in [0.2, 0.25) is 0 Å². The van der Waals surface area contributed by atoms with E-state index in [1.807, 2.05) is 30.3 Å². The Kier molecular flexibility index (Phi) is 3.67. The van der Waals surface area contributed by atoms with Crippen LogP contribution >= 0.6 is 0 Å². The highest BCUT2D eigenvalue weighted by Crippen LogP contribution is 2.33. The van der Waals surface area contributed by atoms with Crippen molar-refractivity contribution in [1.29, 1.82) is 5.26 Å². The van der Waals surface area contributed by atoms with Crippen molar-refractivity contribution in [3.8, 4) is 11.8 Å². The van der Waals surface area contributed by atoms with Crippen LogP contribution in [-0.2, 0) is 0 Å². The van der Waals surface area contributed by atoms with Crippen LogP contribution in [0.15, 0.2) is 42.5 Å². The highest BCUT2D eigenvalue weighted by atomic mass is 19.1. The fourth-order valence-corrected chi connectivity index (χ4v) is 1.89. The quantitative estimate of drug-likeness (QED) is 0.843. The highest BCUT2D eigenvalue weighted by molar-refractivity contribution is 5.69. The average molecular weight is 256 g/mol. The lowest BCUT2D eigenvalue weighted by atomic mass is 10.2. The molecule has 0 aliphatic rings. The van der Waals surface area contributed by atoms with Crippen LogP contribution in [0.5, 0.6) is 5.75 Å². The van der Waals surface area contributed by atoms with Crippen LogP contribution < -0.4 is 9.64 Å². The Labute approximate surface area is 111 Å². The molecule has 0 aromatic heterocycles. The molecule has 0 heterocycles. The van der Waals surface area contributed by atoms with Crippen LogP contribution in [0.25, 0.3) is 0 Å². The molecule has 0 N–H and O–H groups in total. The number of hydrogen-bond donors (Lipinski definition) is 0. The van der Waals surface area contributed by atoms with E-state index in [2.05, 4.69) is 0 Å². The fraction of sp³-hybridized carbons (Fsp3) is 0.133. The van der Waals surface area contributed by atoms with Gasteiger partial charge in [0, 0.05) is 7.05 Å². The molecule has 2 aromatic rings. The van der Waals surface area contributed by atoms with Crippen molar-refractivity contribution >= 4 is 11.4 Å². The van der Waals surface area contributed by atoms with Crippen LogP contribution in [0.2, 0.25) is 0 Å². The molecule has 0 saturated carbocycles. The smallest absolute Gasteiger partial charge is 0.148 e. The molecular weight excluding hydrogens is 243 g/mol. The third-order valence-corrected chi connectivity index (χ3v) is 2.88. The first-order valence-electron chi connectivity index (χ1n) is 5.73. The van der Waals surface area contributed by atoms with Gasteiger partial charge in [0.25, 0.3) is 0 Å². The largest absolute Gasteiger partial charge is 0.495 e. The van der Waals surface area contributed by atoms with Crippen LogP contribution in [-0.4, -0.2) is 14.2 Å². The van der Waals surface area contributed by atoms with Crippen LogP contribution in [0.4, 0.5) is 15.8 Å². The number of para-hydroxylation sites is 2. The number of benzene rings is 2. The molecule has 0 atom stereocenters. The van der Waals surface area contributed by atoms with Gasteiger partial charge in [0.15, 0.2) is 0 Å². The van der Waals surface area contributed by atoms with Gasteiger partial charge in [0.05, 0.1) is 30.1 Å². The average Bonchev–Trinajstić information content (AvgIpc) is 2.46. The molecule has 19 heavy (non-hydrogen) atoms. The second-order valence-corrected chi connectivity index (χ2v) is 4.01. The van der Waals surface area contributed by atoms with Gasteiger partial charge >= 0.3 is 0 Å². The van der Waals surface area contributed by atoms with Crippen molar-refractivity contribution in [2.75, 3.05) is 19.1 Å². The van der Waals surface area contributed by atoms with E-state index in [9.17, 15) is 4.39 Å². The van der Waals surface area contributed by atoms with Gasteiger partial charge < -0.3 is 9.64 Å². The molecule has 0 spiro atoms. The summed E-state index contributed by atoms with van der Waals surface area (Å²) in [6.07, 6.45) is 0. The number of methoxy groups -OCH3 is 1. The SMILES string of the molecule is COc1ccccc1N(C)c1ccc(C#N)cc1F. The van der Waals surface area contributed by atoms with Crippen molar-refractivity contribution in [2.45, 2.75) is 0 Å². The first-order chi connectivity index (χ1) is 9.17. The maximum atomic E-state index is 14.0. The normalized spacial score (nSPS) is 9.79. The molecule has 2 aromatic carbocycles. The minimum Gasteiger partial charge on any atom is -0.495 e. The van der Waals surface area contributed by atoms with Crippen molar-refractivity contribution in [1.82, 2.24) is 0 Å². The summed E-state index contributed by atoms with van der Waals surface area (Å²) in [5.74, 6) is 0.223. The Balaban J connectivity index is 2.44. The van der Waals surface area contributed by atoms with Crippen LogP contribution in [0, 0.1) is 17.1 Å². The summed E-state index contributed by atoms with van der Waals surface area (Å²) >= 11 is 0. The summed E-state index contributed by atoms with van der Waals surface area (Å²) in [6, 6.07) is 13.7. The highest BCUT2D eigenvalue weighted by Gasteiger charge is 2.13. The number of halogens is 1. The maximum Gasteiger partial charge on any atom is 0.148 e. The fourth-order valence-electron chi connectivity index (χ4n) is 1.89. The summed E-state index contributed by atoms with van der Waals surface area (Å²) in [7, 11) is 3.32. The lowest BCUT2D eigenvalue weighted by molar-refractivity contribution is 0.415. The Morgan fingerprint density at radius 2 is 1.89 bits per heavy atom. The summed E-state index contributed by atoms with van der Waals surface area (Å²) in [6.45, 7) is 0. The summed E-state index contributed by atoms with van der Waals surface area (Å²) in [5, 5.41) is 8.74. The van der Waals surface area contributed by atoms with Gasteiger partial charge in [-0.25, -0.2) is 4.39 Å². The van der Waals surface area contributed by atoms with Crippen LogP contribution in [0.1, 0.15) is 5.56 Å². The molecule has 96 valence electrons. The van der Waals surface area contributed by atoms with E-state index in [0.717, 1.165) is 5.69 Å². The number of nitriles is 1. The van der Waals surface area contributed by atoms with Gasteiger partial charge in [-0.05, 0) is 30.3 Å². The molecule has 0 bridgehead atoms. The van der Waals surface area contributed by atoms with Crippen molar-refractivity contribution in [3.05, 3.63) is 53.8 Å². The van der Waals surface area contributed by atoms with Gasteiger partial charge in [0.1, 0.15) is 11.6 Å². The number of ether oxygens (including phenoxy) is 1. The molecule has 0 aliphatic heterocycles. The third kappa shape index (κ3) is 2.50. The molecular formula is C15H13FN2O. The van der Waals surface area contributed by atoms with E-state index < -0.39 is 5.82 Å². The molecule has 2 rings (SSSR count). The molecule has 0 unspecified atom stereocenters. The minimum absolute atomic E-state index is 0.301. The van der Waals surface area contributed by atoms with E-state index in [-0.39, 0.29) is 0 Å². The van der Waals surface area contributed by atoms with Crippen molar-refractivity contribution in [3.63, 3.8) is 0 Å². The van der Waals surface area contributed by atoms with Gasteiger partial charge in [-0.2, -0.15) is 5.26 Å². The Bertz CT molecular complexity index is 634. The number of anilines is 2. The number of rotatable bonds is 3. The van der Waals surface area contributed by atoms with Crippen LogP contribution in [0.3, 0.4) is 0 Å². The van der Waals surface area contributed by atoms with Crippen molar-refractivity contribution < 1.29 is 9.13 Å². The molecule has 0 aliphatic carbocycles. The second-order valence-electron chi connectivity index (χ2n) is 4.01. The van der Waals surface area contributed by atoms with E-state index in [4.69, 9.17) is 10.00 Å². The van der Waals surface area contributed by atoms with E-state index in [0.29, 0.717) is 17.0 Å². The third-order valence-electron chi connectivity index (χ3n) is 2.88. The number of hydrogen-bond acceptors (Lipinski definition) is 3. The predicted molar refractivity (Wildman–Crippen MR) is 72.2 cm³/mol.